The number of cyclic esters (lactones) is 1. The zero-order chi connectivity index (χ0) is 15.6. The van der Waals surface area contributed by atoms with Crippen molar-refractivity contribution in [3.63, 3.8) is 0 Å². The van der Waals surface area contributed by atoms with Crippen molar-refractivity contribution in [2.45, 2.75) is 19.4 Å². The number of aromatic nitrogens is 2. The number of hydrogen-bond acceptors (Lipinski definition) is 4. The van der Waals surface area contributed by atoms with Crippen LogP contribution in [0.25, 0.3) is 0 Å². The summed E-state index contributed by atoms with van der Waals surface area (Å²) in [6.45, 7) is 4.17. The molecule has 0 atom stereocenters. The number of carbonyl (C=O) groups excluding carboxylic acids is 1. The Bertz CT molecular complexity index is 743. The molecule has 5 heteroatoms. The molecule has 0 aliphatic carbocycles. The minimum absolute atomic E-state index is 0.401. The Morgan fingerprint density at radius 2 is 1.86 bits per heavy atom. The number of rotatable bonds is 1. The fourth-order valence-corrected chi connectivity index (χ4v) is 2.14. The average Bonchev–Trinajstić information content (AvgIpc) is 2.80. The van der Waals surface area contributed by atoms with Crippen LogP contribution >= 0.6 is 0 Å². The van der Waals surface area contributed by atoms with Crippen LogP contribution in [-0.4, -0.2) is 28.4 Å². The molecule has 1 amide bonds. The largest absolute Gasteiger partial charge is 0.441 e. The molecular formula is C17H15N3O2. The van der Waals surface area contributed by atoms with Gasteiger partial charge in [-0.2, -0.15) is 0 Å². The van der Waals surface area contributed by atoms with Crippen molar-refractivity contribution < 1.29 is 9.53 Å². The molecule has 0 saturated carbocycles. The second kappa shape index (κ2) is 5.49. The van der Waals surface area contributed by atoms with E-state index in [9.17, 15) is 4.79 Å². The Morgan fingerprint density at radius 3 is 2.45 bits per heavy atom. The van der Waals surface area contributed by atoms with E-state index in [-0.39, 0.29) is 0 Å². The van der Waals surface area contributed by atoms with Crippen molar-refractivity contribution in [3.05, 3.63) is 53.7 Å². The summed E-state index contributed by atoms with van der Waals surface area (Å²) in [7, 11) is 0. The van der Waals surface area contributed by atoms with Gasteiger partial charge in [-0.3, -0.25) is 4.90 Å². The summed E-state index contributed by atoms with van der Waals surface area (Å²) in [5.74, 6) is 6.43. The van der Waals surface area contributed by atoms with Gasteiger partial charge in [-0.15, -0.1) is 10.2 Å². The number of ether oxygens (including phenoxy) is 1. The highest BCUT2D eigenvalue weighted by Gasteiger charge is 2.39. The van der Waals surface area contributed by atoms with E-state index in [1.807, 2.05) is 44.2 Å². The molecular weight excluding hydrogens is 278 g/mol. The lowest BCUT2D eigenvalue weighted by Crippen LogP contribution is -2.29. The Labute approximate surface area is 128 Å². The van der Waals surface area contributed by atoms with Gasteiger partial charge in [-0.1, -0.05) is 24.1 Å². The number of benzene rings is 1. The third-order valence-corrected chi connectivity index (χ3v) is 3.16. The van der Waals surface area contributed by atoms with E-state index < -0.39 is 11.7 Å². The Balaban J connectivity index is 1.77. The normalized spacial score (nSPS) is 15.9. The maximum Gasteiger partial charge on any atom is 0.416 e. The first kappa shape index (κ1) is 14.1. The first-order valence-corrected chi connectivity index (χ1v) is 6.95. The van der Waals surface area contributed by atoms with Crippen LogP contribution < -0.4 is 4.90 Å². The fourth-order valence-electron chi connectivity index (χ4n) is 2.14. The van der Waals surface area contributed by atoms with Crippen molar-refractivity contribution in [1.82, 2.24) is 10.2 Å². The lowest BCUT2D eigenvalue weighted by atomic mass is 10.1. The molecule has 1 aliphatic heterocycles. The van der Waals surface area contributed by atoms with Crippen molar-refractivity contribution in [1.29, 1.82) is 0 Å². The van der Waals surface area contributed by atoms with Crippen molar-refractivity contribution in [3.8, 4) is 11.8 Å². The molecule has 2 aromatic rings. The van der Waals surface area contributed by atoms with Crippen LogP contribution in [0.15, 0.2) is 42.5 Å². The minimum Gasteiger partial charge on any atom is -0.441 e. The summed E-state index contributed by atoms with van der Waals surface area (Å²) in [4.78, 5) is 13.3. The number of carbonyl (C=O) groups is 1. The molecule has 22 heavy (non-hydrogen) atoms. The van der Waals surface area contributed by atoms with Crippen LogP contribution in [0.1, 0.15) is 25.1 Å². The van der Waals surface area contributed by atoms with Crippen LogP contribution in [0, 0.1) is 11.8 Å². The van der Waals surface area contributed by atoms with Crippen LogP contribution in [-0.2, 0) is 4.74 Å². The molecule has 2 heterocycles. The van der Waals surface area contributed by atoms with Gasteiger partial charge >= 0.3 is 6.09 Å². The molecule has 0 unspecified atom stereocenters. The van der Waals surface area contributed by atoms with E-state index in [2.05, 4.69) is 22.0 Å². The van der Waals surface area contributed by atoms with E-state index in [0.29, 0.717) is 18.1 Å². The third-order valence-electron chi connectivity index (χ3n) is 3.16. The summed E-state index contributed by atoms with van der Waals surface area (Å²) in [6.07, 6.45) is -0.401. The molecule has 1 aromatic heterocycles. The number of amides is 1. The predicted octanol–water partition coefficient (Wildman–Crippen LogP) is 2.61. The third kappa shape index (κ3) is 3.07. The van der Waals surface area contributed by atoms with Crippen LogP contribution in [0.2, 0.25) is 0 Å². The summed E-state index contributed by atoms with van der Waals surface area (Å²) in [5, 5.41) is 8.11. The second-order valence-corrected chi connectivity index (χ2v) is 5.61. The van der Waals surface area contributed by atoms with Gasteiger partial charge in [0.15, 0.2) is 5.82 Å². The van der Waals surface area contributed by atoms with Crippen molar-refractivity contribution in [2.24, 2.45) is 0 Å². The maximum atomic E-state index is 11.8. The van der Waals surface area contributed by atoms with Gasteiger partial charge in [0.2, 0.25) is 0 Å². The zero-order valence-corrected chi connectivity index (χ0v) is 12.4. The highest BCUT2D eigenvalue weighted by molar-refractivity contribution is 5.88. The molecule has 110 valence electrons. The number of anilines is 1. The molecule has 1 aromatic carbocycles. The van der Waals surface area contributed by atoms with Crippen LogP contribution in [0.4, 0.5) is 10.6 Å². The molecule has 0 radical (unpaired) electrons. The van der Waals surface area contributed by atoms with Gasteiger partial charge in [-0.05, 0) is 44.0 Å². The van der Waals surface area contributed by atoms with Gasteiger partial charge < -0.3 is 4.74 Å². The predicted molar refractivity (Wildman–Crippen MR) is 82.4 cm³/mol. The van der Waals surface area contributed by atoms with E-state index in [4.69, 9.17) is 4.74 Å². The Hall–Kier alpha value is -2.87. The standard InChI is InChI=1S/C17H15N3O2/c1-17(2)12-20(16(21)22-17)15-11-10-14(18-19-15)9-8-13-6-4-3-5-7-13/h3-7,10-11H,12H2,1-2H3. The van der Waals surface area contributed by atoms with Gasteiger partial charge in [-0.25, -0.2) is 4.79 Å². The molecule has 5 nitrogen and oxygen atoms in total. The molecule has 1 fully saturated rings. The quantitative estimate of drug-likeness (QED) is 0.758. The van der Waals surface area contributed by atoms with Gasteiger partial charge in [0, 0.05) is 5.56 Å². The topological polar surface area (TPSA) is 55.3 Å². The van der Waals surface area contributed by atoms with E-state index in [1.165, 1.54) is 4.90 Å². The molecule has 0 spiro atoms. The van der Waals surface area contributed by atoms with E-state index >= 15 is 0 Å². The van der Waals surface area contributed by atoms with Crippen molar-refractivity contribution in [2.75, 3.05) is 11.4 Å². The van der Waals surface area contributed by atoms with E-state index in [1.54, 1.807) is 12.1 Å². The highest BCUT2D eigenvalue weighted by atomic mass is 16.6. The first-order chi connectivity index (χ1) is 10.5. The zero-order valence-electron chi connectivity index (χ0n) is 12.4. The van der Waals surface area contributed by atoms with Crippen LogP contribution in [0.5, 0.6) is 0 Å². The second-order valence-electron chi connectivity index (χ2n) is 5.61. The average molecular weight is 293 g/mol. The minimum atomic E-state index is -0.509. The SMILES string of the molecule is CC1(C)CN(c2ccc(C#Cc3ccccc3)nn2)C(=O)O1. The summed E-state index contributed by atoms with van der Waals surface area (Å²) < 4.78 is 5.24. The van der Waals surface area contributed by atoms with Gasteiger partial charge in [0.05, 0.1) is 6.54 Å². The first-order valence-electron chi connectivity index (χ1n) is 6.95. The molecule has 1 saturated heterocycles. The van der Waals surface area contributed by atoms with Gasteiger partial charge in [0.1, 0.15) is 11.3 Å². The Morgan fingerprint density at radius 1 is 1.09 bits per heavy atom. The van der Waals surface area contributed by atoms with E-state index in [0.717, 1.165) is 5.56 Å². The highest BCUT2D eigenvalue weighted by Crippen LogP contribution is 2.25. The van der Waals surface area contributed by atoms with Gasteiger partial charge in [0.25, 0.3) is 0 Å². The molecule has 0 N–H and O–H groups in total. The summed E-state index contributed by atoms with van der Waals surface area (Å²) in [6, 6.07) is 13.1. The Kier molecular flexibility index (Phi) is 3.51. The lowest BCUT2D eigenvalue weighted by molar-refractivity contribution is 0.0871. The van der Waals surface area contributed by atoms with Crippen LogP contribution in [0.3, 0.4) is 0 Å². The molecule has 0 bridgehead atoms. The summed E-state index contributed by atoms with van der Waals surface area (Å²) in [5.41, 5.74) is 0.961. The fraction of sp³-hybridized carbons (Fsp3) is 0.235. The smallest absolute Gasteiger partial charge is 0.416 e. The monoisotopic (exact) mass is 293 g/mol. The summed E-state index contributed by atoms with van der Waals surface area (Å²) >= 11 is 0. The molecule has 1 aliphatic rings. The number of nitrogens with zero attached hydrogens (tertiary/aromatic N) is 3. The number of hydrogen-bond donors (Lipinski definition) is 0. The lowest BCUT2D eigenvalue weighted by Gasteiger charge is -2.14. The maximum absolute atomic E-state index is 11.8. The van der Waals surface area contributed by atoms with Crippen molar-refractivity contribution >= 4 is 11.9 Å². The molecule has 3 rings (SSSR count).